The Morgan fingerprint density at radius 3 is 2.87 bits per heavy atom. The molecule has 0 saturated carbocycles. The fourth-order valence-electron chi connectivity index (χ4n) is 1.89. The van der Waals surface area contributed by atoms with Crippen LogP contribution < -0.4 is 5.32 Å². The zero-order valence-corrected chi connectivity index (χ0v) is 14.4. The highest BCUT2D eigenvalue weighted by Gasteiger charge is 2.10. The zero-order chi connectivity index (χ0) is 16.1. The maximum Gasteiger partial charge on any atom is 0.206 e. The zero-order valence-electron chi connectivity index (χ0n) is 12.0. The molecule has 1 N–H and O–H groups in total. The Labute approximate surface area is 144 Å². The minimum atomic E-state index is -0.823. The Balaban J connectivity index is 1.50. The van der Waals surface area contributed by atoms with Crippen LogP contribution in [0.3, 0.4) is 0 Å². The van der Waals surface area contributed by atoms with Crippen LogP contribution in [0.2, 0.25) is 0 Å². The normalized spacial score (nSPS) is 10.9. The number of thiophene rings is 1. The summed E-state index contributed by atoms with van der Waals surface area (Å²) in [6, 6.07) is 8.33. The second kappa shape index (κ2) is 7.85. The van der Waals surface area contributed by atoms with E-state index in [1.807, 2.05) is 6.07 Å². The van der Waals surface area contributed by atoms with E-state index in [1.54, 1.807) is 17.4 Å². The number of halogens is 2. The Hall–Kier alpha value is -1.51. The van der Waals surface area contributed by atoms with Crippen molar-refractivity contribution >= 4 is 39.6 Å². The molecule has 0 aliphatic rings. The number of hydrogen-bond acceptors (Lipinski definition) is 6. The fraction of sp³-hybridized carbons (Fsp3) is 0.200. The first kappa shape index (κ1) is 16.4. The van der Waals surface area contributed by atoms with Gasteiger partial charge in [0.2, 0.25) is 5.13 Å². The van der Waals surface area contributed by atoms with Crippen LogP contribution in [-0.4, -0.2) is 16.7 Å². The summed E-state index contributed by atoms with van der Waals surface area (Å²) in [5.41, 5.74) is 0.331. The van der Waals surface area contributed by atoms with E-state index in [0.717, 1.165) is 28.5 Å². The van der Waals surface area contributed by atoms with E-state index < -0.39 is 11.6 Å². The Bertz CT molecular complexity index is 759. The van der Waals surface area contributed by atoms with E-state index in [2.05, 4.69) is 27.0 Å². The highest BCUT2D eigenvalue weighted by atomic mass is 32.2. The van der Waals surface area contributed by atoms with E-state index in [0.29, 0.717) is 11.3 Å². The summed E-state index contributed by atoms with van der Waals surface area (Å²) < 4.78 is 27.5. The molecule has 0 bridgehead atoms. The van der Waals surface area contributed by atoms with Crippen molar-refractivity contribution in [2.75, 3.05) is 11.9 Å². The van der Waals surface area contributed by atoms with Crippen LogP contribution in [0.25, 0.3) is 0 Å². The second-order valence-electron chi connectivity index (χ2n) is 4.63. The third kappa shape index (κ3) is 4.49. The topological polar surface area (TPSA) is 37.8 Å². The summed E-state index contributed by atoms with van der Waals surface area (Å²) in [5.74, 6) is -1.29. The largest absolute Gasteiger partial charge is 0.360 e. The van der Waals surface area contributed by atoms with E-state index >= 15 is 0 Å². The van der Waals surface area contributed by atoms with Gasteiger partial charge in [-0.15, -0.1) is 21.5 Å². The van der Waals surface area contributed by atoms with Crippen molar-refractivity contribution in [2.45, 2.75) is 16.5 Å². The smallest absolute Gasteiger partial charge is 0.206 e. The molecule has 8 heteroatoms. The Morgan fingerprint density at radius 2 is 2.04 bits per heavy atom. The monoisotopic (exact) mass is 369 g/mol. The third-order valence-corrected chi connectivity index (χ3v) is 6.02. The first-order valence-corrected chi connectivity index (χ1v) is 9.56. The summed E-state index contributed by atoms with van der Waals surface area (Å²) in [7, 11) is 0. The molecule has 2 aromatic heterocycles. The van der Waals surface area contributed by atoms with E-state index in [9.17, 15) is 8.78 Å². The minimum Gasteiger partial charge on any atom is -0.360 e. The molecule has 0 atom stereocenters. The molecular formula is C15H13F2N3S3. The molecule has 0 amide bonds. The van der Waals surface area contributed by atoms with Gasteiger partial charge < -0.3 is 5.32 Å². The summed E-state index contributed by atoms with van der Waals surface area (Å²) in [4.78, 5) is 1.32. The lowest BCUT2D eigenvalue weighted by molar-refractivity contribution is 0.502. The number of thioether (sulfide) groups is 1. The molecule has 1 aromatic carbocycles. The van der Waals surface area contributed by atoms with Gasteiger partial charge in [0.05, 0.1) is 0 Å². The van der Waals surface area contributed by atoms with Gasteiger partial charge in [0.1, 0.15) is 0 Å². The summed E-state index contributed by atoms with van der Waals surface area (Å²) >= 11 is 4.49. The average molecular weight is 369 g/mol. The first-order chi connectivity index (χ1) is 11.2. The molecule has 0 radical (unpaired) electrons. The lowest BCUT2D eigenvalue weighted by Gasteiger charge is -2.01. The van der Waals surface area contributed by atoms with Crippen LogP contribution in [-0.2, 0) is 12.2 Å². The van der Waals surface area contributed by atoms with E-state index in [-0.39, 0.29) is 0 Å². The lowest BCUT2D eigenvalue weighted by Crippen LogP contribution is -2.03. The van der Waals surface area contributed by atoms with Gasteiger partial charge in [-0.2, -0.15) is 0 Å². The standard InChI is InChI=1S/C15H13F2N3S3/c16-12-5-1-3-10(13(12)17)9-22-15-20-19-14(23-15)18-7-6-11-4-2-8-21-11/h1-5,8H,6-7,9H2,(H,18,19). The summed E-state index contributed by atoms with van der Waals surface area (Å²) in [6.45, 7) is 0.790. The van der Waals surface area contributed by atoms with Gasteiger partial charge >= 0.3 is 0 Å². The van der Waals surface area contributed by atoms with Crippen molar-refractivity contribution in [3.05, 3.63) is 57.8 Å². The predicted molar refractivity (Wildman–Crippen MR) is 92.3 cm³/mol. The molecule has 0 aliphatic carbocycles. The van der Waals surface area contributed by atoms with Crippen molar-refractivity contribution in [1.82, 2.24) is 10.2 Å². The van der Waals surface area contributed by atoms with Gasteiger partial charge in [-0.25, -0.2) is 8.78 Å². The van der Waals surface area contributed by atoms with Crippen molar-refractivity contribution in [2.24, 2.45) is 0 Å². The molecule has 3 aromatic rings. The Morgan fingerprint density at radius 1 is 1.13 bits per heavy atom. The average Bonchev–Trinajstić information content (AvgIpc) is 3.21. The predicted octanol–water partition coefficient (Wildman–Crippen LogP) is 4.82. The maximum absolute atomic E-state index is 13.6. The third-order valence-electron chi connectivity index (χ3n) is 3.02. The second-order valence-corrected chi connectivity index (χ2v) is 7.86. The SMILES string of the molecule is Fc1cccc(CSc2nnc(NCCc3cccs3)s2)c1F. The van der Waals surface area contributed by atoms with E-state index in [4.69, 9.17) is 0 Å². The highest BCUT2D eigenvalue weighted by molar-refractivity contribution is 8.00. The van der Waals surface area contributed by atoms with Gasteiger partial charge in [-0.1, -0.05) is 41.3 Å². The first-order valence-electron chi connectivity index (χ1n) is 6.88. The number of rotatable bonds is 7. The minimum absolute atomic E-state index is 0.327. The van der Waals surface area contributed by atoms with Crippen LogP contribution in [0.1, 0.15) is 10.4 Å². The molecule has 0 spiro atoms. The van der Waals surface area contributed by atoms with Crippen molar-refractivity contribution < 1.29 is 8.78 Å². The Kier molecular flexibility index (Phi) is 5.58. The van der Waals surface area contributed by atoms with Crippen LogP contribution in [0, 0.1) is 11.6 Å². The number of benzene rings is 1. The molecule has 3 rings (SSSR count). The molecule has 0 fully saturated rings. The summed E-state index contributed by atoms with van der Waals surface area (Å²) in [6.07, 6.45) is 0.939. The molecular weight excluding hydrogens is 356 g/mol. The molecule has 2 heterocycles. The van der Waals surface area contributed by atoms with Gasteiger partial charge in [0, 0.05) is 22.7 Å². The van der Waals surface area contributed by atoms with Gasteiger partial charge in [-0.05, 0) is 23.9 Å². The fourth-order valence-corrected chi connectivity index (χ4v) is 4.35. The van der Waals surface area contributed by atoms with Gasteiger partial charge in [0.15, 0.2) is 16.0 Å². The highest BCUT2D eigenvalue weighted by Crippen LogP contribution is 2.29. The molecule has 0 saturated heterocycles. The number of nitrogens with zero attached hydrogens (tertiary/aromatic N) is 2. The maximum atomic E-state index is 13.6. The lowest BCUT2D eigenvalue weighted by atomic mass is 10.2. The molecule has 120 valence electrons. The van der Waals surface area contributed by atoms with Crippen molar-refractivity contribution in [3.63, 3.8) is 0 Å². The van der Waals surface area contributed by atoms with Gasteiger partial charge in [0.25, 0.3) is 0 Å². The molecule has 23 heavy (non-hydrogen) atoms. The molecule has 3 nitrogen and oxygen atoms in total. The van der Waals surface area contributed by atoms with Gasteiger partial charge in [-0.3, -0.25) is 0 Å². The number of anilines is 1. The quantitative estimate of drug-likeness (QED) is 0.606. The molecule has 0 unspecified atom stereocenters. The number of aromatic nitrogens is 2. The number of hydrogen-bond donors (Lipinski definition) is 1. The van der Waals surface area contributed by atoms with Crippen LogP contribution in [0.4, 0.5) is 13.9 Å². The van der Waals surface area contributed by atoms with Crippen LogP contribution in [0.15, 0.2) is 40.1 Å². The number of nitrogens with one attached hydrogen (secondary N) is 1. The van der Waals surface area contributed by atoms with Crippen molar-refractivity contribution in [1.29, 1.82) is 0 Å². The van der Waals surface area contributed by atoms with E-state index in [1.165, 1.54) is 34.0 Å². The summed E-state index contributed by atoms with van der Waals surface area (Å²) in [5, 5.41) is 14.1. The van der Waals surface area contributed by atoms with Crippen LogP contribution in [0.5, 0.6) is 0 Å². The molecule has 0 aliphatic heterocycles. The van der Waals surface area contributed by atoms with Crippen molar-refractivity contribution in [3.8, 4) is 0 Å². The van der Waals surface area contributed by atoms with Crippen LogP contribution >= 0.6 is 34.4 Å².